The molecular weight excluding hydrogens is 226 g/mol. The SMILES string of the molecule is COC(C)OC(C)Oc1ccccc1[N+](=O)[O-]. The first-order valence-electron chi connectivity index (χ1n) is 5.13. The van der Waals surface area contributed by atoms with E-state index in [4.69, 9.17) is 14.2 Å². The van der Waals surface area contributed by atoms with Gasteiger partial charge in [-0.05, 0) is 19.9 Å². The molecule has 0 amide bonds. The van der Waals surface area contributed by atoms with Crippen molar-refractivity contribution in [3.8, 4) is 5.75 Å². The highest BCUT2D eigenvalue weighted by Gasteiger charge is 2.17. The average Bonchev–Trinajstić information content (AvgIpc) is 2.29. The van der Waals surface area contributed by atoms with Crippen LogP contribution in [0, 0.1) is 10.1 Å². The second-order valence-electron chi connectivity index (χ2n) is 3.35. The minimum absolute atomic E-state index is 0.0898. The smallest absolute Gasteiger partial charge is 0.311 e. The molecule has 0 saturated carbocycles. The topological polar surface area (TPSA) is 70.8 Å². The van der Waals surface area contributed by atoms with Crippen molar-refractivity contribution in [2.24, 2.45) is 0 Å². The van der Waals surface area contributed by atoms with Crippen LogP contribution in [-0.4, -0.2) is 24.6 Å². The Kier molecular flexibility index (Phi) is 4.86. The molecule has 6 heteroatoms. The predicted octanol–water partition coefficient (Wildman–Crippen LogP) is 2.33. The van der Waals surface area contributed by atoms with Gasteiger partial charge in [-0.2, -0.15) is 0 Å². The van der Waals surface area contributed by atoms with E-state index in [9.17, 15) is 10.1 Å². The number of para-hydroxylation sites is 2. The molecular formula is C11H15NO5. The van der Waals surface area contributed by atoms with E-state index in [1.807, 2.05) is 0 Å². The van der Waals surface area contributed by atoms with Crippen molar-refractivity contribution >= 4 is 5.69 Å². The first-order chi connectivity index (χ1) is 8.04. The Bertz CT molecular complexity index is 382. The highest BCUT2D eigenvalue weighted by Crippen LogP contribution is 2.27. The summed E-state index contributed by atoms with van der Waals surface area (Å²) in [7, 11) is 1.50. The van der Waals surface area contributed by atoms with Crippen molar-refractivity contribution in [2.45, 2.75) is 26.4 Å². The Morgan fingerprint density at radius 2 is 1.88 bits per heavy atom. The maximum atomic E-state index is 10.7. The lowest BCUT2D eigenvalue weighted by Gasteiger charge is -2.18. The lowest BCUT2D eigenvalue weighted by Crippen LogP contribution is -2.23. The van der Waals surface area contributed by atoms with Crippen molar-refractivity contribution in [2.75, 3.05) is 7.11 Å². The Morgan fingerprint density at radius 3 is 2.47 bits per heavy atom. The van der Waals surface area contributed by atoms with Crippen molar-refractivity contribution in [3.05, 3.63) is 34.4 Å². The molecule has 0 aromatic heterocycles. The van der Waals surface area contributed by atoms with Crippen LogP contribution in [0.25, 0.3) is 0 Å². The van der Waals surface area contributed by atoms with Crippen molar-refractivity contribution in [1.82, 2.24) is 0 Å². The number of nitrogens with zero attached hydrogens (tertiary/aromatic N) is 1. The normalized spacial score (nSPS) is 14.1. The third kappa shape index (κ3) is 4.01. The van der Waals surface area contributed by atoms with Gasteiger partial charge in [0.05, 0.1) is 4.92 Å². The van der Waals surface area contributed by atoms with Gasteiger partial charge in [-0.15, -0.1) is 0 Å². The lowest BCUT2D eigenvalue weighted by atomic mass is 10.3. The summed E-state index contributed by atoms with van der Waals surface area (Å²) in [5.41, 5.74) is -0.0898. The van der Waals surface area contributed by atoms with E-state index in [0.717, 1.165) is 0 Å². The van der Waals surface area contributed by atoms with E-state index >= 15 is 0 Å². The van der Waals surface area contributed by atoms with Gasteiger partial charge in [-0.3, -0.25) is 10.1 Å². The minimum atomic E-state index is -0.633. The highest BCUT2D eigenvalue weighted by molar-refractivity contribution is 5.45. The lowest BCUT2D eigenvalue weighted by molar-refractivity contribution is -0.386. The molecule has 2 unspecified atom stereocenters. The molecule has 0 N–H and O–H groups in total. The first kappa shape index (κ1) is 13.4. The van der Waals surface area contributed by atoms with Gasteiger partial charge >= 0.3 is 5.69 Å². The molecule has 94 valence electrons. The standard InChI is InChI=1S/C11H15NO5/c1-8(15-3)16-9(2)17-11-7-5-4-6-10(11)12(13)14/h4-9H,1-3H3. The maximum Gasteiger partial charge on any atom is 0.311 e. The fourth-order valence-electron chi connectivity index (χ4n) is 1.24. The van der Waals surface area contributed by atoms with Crippen molar-refractivity contribution in [1.29, 1.82) is 0 Å². The zero-order valence-electron chi connectivity index (χ0n) is 9.95. The van der Waals surface area contributed by atoms with Crippen LogP contribution < -0.4 is 4.74 Å². The van der Waals surface area contributed by atoms with E-state index in [0.29, 0.717) is 0 Å². The van der Waals surface area contributed by atoms with Gasteiger partial charge in [0.1, 0.15) is 0 Å². The van der Waals surface area contributed by atoms with Crippen LogP contribution in [0.1, 0.15) is 13.8 Å². The Balaban J connectivity index is 2.71. The van der Waals surface area contributed by atoms with E-state index in [1.165, 1.54) is 19.2 Å². The van der Waals surface area contributed by atoms with Gasteiger partial charge in [0.25, 0.3) is 0 Å². The van der Waals surface area contributed by atoms with Crippen LogP contribution in [0.15, 0.2) is 24.3 Å². The maximum absolute atomic E-state index is 10.7. The minimum Gasteiger partial charge on any atom is -0.458 e. The summed E-state index contributed by atoms with van der Waals surface area (Å²) in [6.45, 7) is 3.35. The molecule has 0 aliphatic carbocycles. The number of rotatable bonds is 6. The molecule has 0 spiro atoms. The number of benzene rings is 1. The summed E-state index contributed by atoms with van der Waals surface area (Å²) in [5.74, 6) is 0.174. The molecule has 0 bridgehead atoms. The van der Waals surface area contributed by atoms with Crippen LogP contribution in [0.4, 0.5) is 5.69 Å². The van der Waals surface area contributed by atoms with E-state index in [2.05, 4.69) is 0 Å². The molecule has 1 aromatic rings. The van der Waals surface area contributed by atoms with Gasteiger partial charge in [0.2, 0.25) is 0 Å². The van der Waals surface area contributed by atoms with E-state index in [1.54, 1.807) is 26.0 Å². The monoisotopic (exact) mass is 241 g/mol. The summed E-state index contributed by atoms with van der Waals surface area (Å²) in [6.07, 6.45) is -1.07. The molecule has 0 saturated heterocycles. The Morgan fingerprint density at radius 1 is 1.24 bits per heavy atom. The Hall–Kier alpha value is -1.66. The predicted molar refractivity (Wildman–Crippen MR) is 60.7 cm³/mol. The Labute approximate surface area is 99.2 Å². The number of hydrogen-bond acceptors (Lipinski definition) is 5. The largest absolute Gasteiger partial charge is 0.458 e. The van der Waals surface area contributed by atoms with Crippen molar-refractivity contribution < 1.29 is 19.1 Å². The fraction of sp³-hybridized carbons (Fsp3) is 0.455. The number of hydrogen-bond donors (Lipinski definition) is 0. The average molecular weight is 241 g/mol. The van der Waals surface area contributed by atoms with Crippen LogP contribution >= 0.6 is 0 Å². The molecule has 6 nitrogen and oxygen atoms in total. The molecule has 0 heterocycles. The molecule has 0 fully saturated rings. The van der Waals surface area contributed by atoms with E-state index < -0.39 is 17.5 Å². The van der Waals surface area contributed by atoms with Crippen LogP contribution in [0.5, 0.6) is 5.75 Å². The summed E-state index contributed by atoms with van der Waals surface area (Å²) >= 11 is 0. The first-order valence-corrected chi connectivity index (χ1v) is 5.13. The van der Waals surface area contributed by atoms with Crippen LogP contribution in [0.2, 0.25) is 0 Å². The molecule has 17 heavy (non-hydrogen) atoms. The molecule has 1 rings (SSSR count). The molecule has 1 aromatic carbocycles. The molecule has 0 aliphatic heterocycles. The summed E-state index contributed by atoms with van der Waals surface area (Å²) in [4.78, 5) is 10.2. The quantitative estimate of drug-likeness (QED) is 0.434. The van der Waals surface area contributed by atoms with Gasteiger partial charge in [0, 0.05) is 13.2 Å². The van der Waals surface area contributed by atoms with Gasteiger partial charge in [-0.25, -0.2) is 0 Å². The molecule has 2 atom stereocenters. The van der Waals surface area contributed by atoms with Gasteiger partial charge in [0.15, 0.2) is 18.3 Å². The molecule has 0 radical (unpaired) electrons. The summed E-state index contributed by atoms with van der Waals surface area (Å²) in [6, 6.07) is 6.14. The number of nitro benzene ring substituents is 1. The van der Waals surface area contributed by atoms with E-state index in [-0.39, 0.29) is 11.4 Å². The summed E-state index contributed by atoms with van der Waals surface area (Å²) in [5, 5.41) is 10.7. The third-order valence-corrected chi connectivity index (χ3v) is 2.07. The summed E-state index contributed by atoms with van der Waals surface area (Å²) < 4.78 is 15.5. The molecule has 0 aliphatic rings. The highest BCUT2D eigenvalue weighted by atomic mass is 16.8. The third-order valence-electron chi connectivity index (χ3n) is 2.07. The number of nitro groups is 1. The fourth-order valence-corrected chi connectivity index (χ4v) is 1.24. The second-order valence-corrected chi connectivity index (χ2v) is 3.35. The van der Waals surface area contributed by atoms with Crippen molar-refractivity contribution in [3.63, 3.8) is 0 Å². The van der Waals surface area contributed by atoms with Crippen LogP contribution in [0.3, 0.4) is 0 Å². The zero-order valence-corrected chi connectivity index (χ0v) is 9.95. The van der Waals surface area contributed by atoms with Gasteiger partial charge < -0.3 is 14.2 Å². The van der Waals surface area contributed by atoms with Crippen LogP contribution in [-0.2, 0) is 9.47 Å². The van der Waals surface area contributed by atoms with Gasteiger partial charge in [-0.1, -0.05) is 12.1 Å². The second kappa shape index (κ2) is 6.17. The zero-order chi connectivity index (χ0) is 12.8. The number of methoxy groups -OCH3 is 1. The number of ether oxygens (including phenoxy) is 3.